The maximum Gasteiger partial charge on any atom is 0.310 e. The number of aliphatic carboxylic acids is 2. The summed E-state index contributed by atoms with van der Waals surface area (Å²) in [5.74, 6) is -9.52. The van der Waals surface area contributed by atoms with E-state index >= 15 is 0 Å². The lowest BCUT2D eigenvalue weighted by Gasteiger charge is -2.35. The van der Waals surface area contributed by atoms with E-state index in [1.54, 1.807) is 0 Å². The van der Waals surface area contributed by atoms with Crippen molar-refractivity contribution in [1.82, 2.24) is 0 Å². The number of hydrogen-bond acceptors (Lipinski definition) is 6. The molecule has 0 aromatic carbocycles. The van der Waals surface area contributed by atoms with Gasteiger partial charge in [0.1, 0.15) is 0 Å². The highest BCUT2D eigenvalue weighted by atomic mass is 16.5. The van der Waals surface area contributed by atoms with Crippen LogP contribution < -0.4 is 0 Å². The molecular weight excluding hydrogens is 356 g/mol. The van der Waals surface area contributed by atoms with Gasteiger partial charge in [0.25, 0.3) is 0 Å². The third kappa shape index (κ3) is 4.25. The predicted octanol–water partition coefficient (Wildman–Crippen LogP) is 1.96. The van der Waals surface area contributed by atoms with Crippen molar-refractivity contribution in [3.8, 4) is 0 Å². The number of fused-ring (bicyclic) bond motifs is 2. The first-order chi connectivity index (χ1) is 12.8. The van der Waals surface area contributed by atoms with Crippen LogP contribution >= 0.6 is 0 Å². The van der Waals surface area contributed by atoms with E-state index in [1.807, 2.05) is 13.8 Å². The second-order valence-electron chi connectivity index (χ2n) is 7.39. The fourth-order valence-corrected chi connectivity index (χ4v) is 4.56. The fourth-order valence-electron chi connectivity index (χ4n) is 4.56. The molecule has 8 nitrogen and oxygen atoms in total. The van der Waals surface area contributed by atoms with E-state index in [0.717, 1.165) is 12.8 Å². The van der Waals surface area contributed by atoms with Gasteiger partial charge >= 0.3 is 23.9 Å². The minimum Gasteiger partial charge on any atom is -0.481 e. The third-order valence-electron chi connectivity index (χ3n) is 5.76. The van der Waals surface area contributed by atoms with Gasteiger partial charge in [0.15, 0.2) is 0 Å². The van der Waals surface area contributed by atoms with Crippen molar-refractivity contribution >= 4 is 23.9 Å². The highest BCUT2D eigenvalue weighted by Gasteiger charge is 2.67. The zero-order valence-electron chi connectivity index (χ0n) is 15.8. The van der Waals surface area contributed by atoms with E-state index in [-0.39, 0.29) is 19.6 Å². The Balaban J connectivity index is 2.26. The highest BCUT2D eigenvalue weighted by Crippen LogP contribution is 2.59. The summed E-state index contributed by atoms with van der Waals surface area (Å²) in [6.45, 7) is 4.27. The van der Waals surface area contributed by atoms with Gasteiger partial charge in [0.2, 0.25) is 0 Å². The Labute approximate surface area is 158 Å². The molecule has 0 spiro atoms. The van der Waals surface area contributed by atoms with Crippen molar-refractivity contribution < 1.29 is 38.9 Å². The summed E-state index contributed by atoms with van der Waals surface area (Å²) in [5.41, 5.74) is 0. The van der Waals surface area contributed by atoms with Crippen molar-refractivity contribution in [1.29, 1.82) is 0 Å². The first kappa shape index (κ1) is 21.2. The van der Waals surface area contributed by atoms with E-state index < -0.39 is 59.4 Å². The summed E-state index contributed by atoms with van der Waals surface area (Å²) in [5, 5.41) is 19.1. The Kier molecular flexibility index (Phi) is 7.21. The topological polar surface area (TPSA) is 127 Å². The molecule has 0 aromatic heterocycles. The largest absolute Gasteiger partial charge is 0.481 e. The lowest BCUT2D eigenvalue weighted by molar-refractivity contribution is -0.173. The Morgan fingerprint density at radius 3 is 1.41 bits per heavy atom. The molecule has 0 radical (unpaired) electrons. The quantitative estimate of drug-likeness (QED) is 0.432. The predicted molar refractivity (Wildman–Crippen MR) is 92.6 cm³/mol. The summed E-state index contributed by atoms with van der Waals surface area (Å²) in [4.78, 5) is 48.6. The molecule has 0 saturated heterocycles. The highest BCUT2D eigenvalue weighted by molar-refractivity contribution is 5.89. The van der Waals surface area contributed by atoms with Crippen LogP contribution in [0.25, 0.3) is 0 Å². The van der Waals surface area contributed by atoms with E-state index in [4.69, 9.17) is 9.47 Å². The molecule has 0 aliphatic heterocycles. The van der Waals surface area contributed by atoms with Crippen molar-refractivity contribution in [2.45, 2.75) is 46.0 Å². The molecule has 2 fully saturated rings. The lowest BCUT2D eigenvalue weighted by atomic mass is 9.68. The molecule has 8 heteroatoms. The number of esters is 2. The fraction of sp³-hybridized carbons (Fsp3) is 0.789. The van der Waals surface area contributed by atoms with Gasteiger partial charge in [-0.2, -0.15) is 0 Å². The smallest absolute Gasteiger partial charge is 0.310 e. The normalized spacial score (nSPS) is 31.5. The number of carbonyl (C=O) groups excluding carboxylic acids is 2. The molecule has 2 N–H and O–H groups in total. The SMILES string of the molecule is CCCCOC(=O)C1C2CC(C(C(=O)O)C2C(=O)O)C1C(=O)OCCCC. The van der Waals surface area contributed by atoms with Gasteiger partial charge < -0.3 is 19.7 Å². The molecule has 27 heavy (non-hydrogen) atoms. The van der Waals surface area contributed by atoms with E-state index in [0.29, 0.717) is 12.8 Å². The molecule has 0 heterocycles. The van der Waals surface area contributed by atoms with Crippen LogP contribution in [0.2, 0.25) is 0 Å². The van der Waals surface area contributed by atoms with Gasteiger partial charge in [0, 0.05) is 0 Å². The molecule has 2 rings (SSSR count). The van der Waals surface area contributed by atoms with Crippen LogP contribution in [-0.2, 0) is 28.7 Å². The number of carbonyl (C=O) groups is 4. The average molecular weight is 384 g/mol. The summed E-state index contributed by atoms with van der Waals surface area (Å²) < 4.78 is 10.5. The Morgan fingerprint density at radius 1 is 0.741 bits per heavy atom. The van der Waals surface area contributed by atoms with Crippen molar-refractivity contribution in [3.63, 3.8) is 0 Å². The van der Waals surface area contributed by atoms with Crippen LogP contribution in [-0.4, -0.2) is 47.3 Å². The standard InChI is InChI=1S/C19H28O8/c1-3-5-7-26-18(24)14-10-9-11(13(17(22)23)12(10)16(20)21)15(14)19(25)27-8-6-4-2/h10-15H,3-9H2,1-2H3,(H,20,21)(H,22,23). The van der Waals surface area contributed by atoms with Crippen molar-refractivity contribution in [2.75, 3.05) is 13.2 Å². The zero-order chi connectivity index (χ0) is 20.1. The van der Waals surface area contributed by atoms with Gasteiger partial charge in [-0.25, -0.2) is 0 Å². The van der Waals surface area contributed by atoms with Crippen LogP contribution in [0.3, 0.4) is 0 Å². The van der Waals surface area contributed by atoms with Crippen LogP contribution in [0.1, 0.15) is 46.0 Å². The van der Waals surface area contributed by atoms with Crippen molar-refractivity contribution in [3.05, 3.63) is 0 Å². The molecule has 152 valence electrons. The number of hydrogen-bond donors (Lipinski definition) is 2. The first-order valence-electron chi connectivity index (χ1n) is 9.63. The van der Waals surface area contributed by atoms with E-state index in [1.165, 1.54) is 0 Å². The number of unbranched alkanes of at least 4 members (excludes halogenated alkanes) is 2. The second kappa shape index (κ2) is 9.19. The zero-order valence-corrected chi connectivity index (χ0v) is 15.8. The molecule has 2 aliphatic rings. The minimum absolute atomic E-state index is 0.195. The minimum atomic E-state index is -1.25. The van der Waals surface area contributed by atoms with E-state index in [2.05, 4.69) is 0 Å². The van der Waals surface area contributed by atoms with E-state index in [9.17, 15) is 29.4 Å². The maximum atomic E-state index is 12.6. The Morgan fingerprint density at radius 2 is 1.11 bits per heavy atom. The molecule has 2 aliphatic carbocycles. The monoisotopic (exact) mass is 384 g/mol. The maximum absolute atomic E-state index is 12.6. The molecule has 0 aromatic rings. The number of carboxylic acids is 2. The van der Waals surface area contributed by atoms with Gasteiger partial charge in [-0.15, -0.1) is 0 Å². The lowest BCUT2D eigenvalue weighted by Crippen LogP contribution is -2.48. The van der Waals surface area contributed by atoms with Crippen LogP contribution in [0.4, 0.5) is 0 Å². The van der Waals surface area contributed by atoms with Crippen LogP contribution in [0, 0.1) is 35.5 Å². The molecule has 0 amide bonds. The third-order valence-corrected chi connectivity index (χ3v) is 5.76. The number of rotatable bonds is 10. The molecule has 2 saturated carbocycles. The van der Waals surface area contributed by atoms with Gasteiger partial charge in [0.05, 0.1) is 36.9 Å². The van der Waals surface area contributed by atoms with Crippen LogP contribution in [0.15, 0.2) is 0 Å². The van der Waals surface area contributed by atoms with Gasteiger partial charge in [-0.3, -0.25) is 19.2 Å². The Bertz CT molecular complexity index is 536. The summed E-state index contributed by atoms with van der Waals surface area (Å²) in [6, 6.07) is 0. The molecule has 6 unspecified atom stereocenters. The number of ether oxygens (including phenoxy) is 2. The van der Waals surface area contributed by atoms with Crippen LogP contribution in [0.5, 0.6) is 0 Å². The summed E-state index contributed by atoms with van der Waals surface area (Å²) in [7, 11) is 0. The number of carboxylic acid groups (broad SMARTS) is 2. The first-order valence-corrected chi connectivity index (χ1v) is 9.63. The van der Waals surface area contributed by atoms with Gasteiger partial charge in [-0.1, -0.05) is 26.7 Å². The average Bonchev–Trinajstić information content (AvgIpc) is 3.17. The molecule has 6 atom stereocenters. The second-order valence-corrected chi connectivity index (χ2v) is 7.39. The van der Waals surface area contributed by atoms with Crippen molar-refractivity contribution in [2.24, 2.45) is 35.5 Å². The summed E-state index contributed by atoms with van der Waals surface area (Å²) in [6.07, 6.45) is 3.18. The Hall–Kier alpha value is -2.12. The summed E-state index contributed by atoms with van der Waals surface area (Å²) >= 11 is 0. The van der Waals surface area contributed by atoms with Gasteiger partial charge in [-0.05, 0) is 31.1 Å². The molecular formula is C19H28O8. The molecule has 2 bridgehead atoms.